The molecule has 25 heavy (non-hydrogen) atoms. The summed E-state index contributed by atoms with van der Waals surface area (Å²) >= 11 is 0. The Hall–Kier alpha value is -2.62. The number of hydrogen-bond donors (Lipinski definition) is 1. The quantitative estimate of drug-likeness (QED) is 0.774. The maximum Gasteiger partial charge on any atom is 0.265 e. The lowest BCUT2D eigenvalue weighted by Crippen LogP contribution is -2.30. The number of ketones is 1. The van der Waals surface area contributed by atoms with Crippen LogP contribution in [-0.2, 0) is 4.79 Å². The van der Waals surface area contributed by atoms with Gasteiger partial charge in [-0.15, -0.1) is 0 Å². The summed E-state index contributed by atoms with van der Waals surface area (Å²) < 4.78 is 5.76. The van der Waals surface area contributed by atoms with Crippen LogP contribution in [0.3, 0.4) is 0 Å². The van der Waals surface area contributed by atoms with Crippen LogP contribution >= 0.6 is 0 Å². The highest BCUT2D eigenvalue weighted by atomic mass is 16.5. The summed E-state index contributed by atoms with van der Waals surface area (Å²) in [6.07, 6.45) is -0.648. The lowest BCUT2D eigenvalue weighted by Gasteiger charge is -2.17. The normalized spacial score (nSPS) is 11.9. The van der Waals surface area contributed by atoms with Gasteiger partial charge < -0.3 is 10.1 Å². The zero-order valence-electron chi connectivity index (χ0n) is 15.4. The van der Waals surface area contributed by atoms with Crippen LogP contribution in [0.5, 0.6) is 5.75 Å². The van der Waals surface area contributed by atoms with Crippen LogP contribution in [0.1, 0.15) is 55.1 Å². The average Bonchev–Trinajstić information content (AvgIpc) is 2.54. The predicted octanol–water partition coefficient (Wildman–Crippen LogP) is 4.73. The summed E-state index contributed by atoms with van der Waals surface area (Å²) in [6.45, 7) is 9.54. The van der Waals surface area contributed by atoms with E-state index in [0.29, 0.717) is 22.9 Å². The van der Waals surface area contributed by atoms with Crippen molar-refractivity contribution in [3.63, 3.8) is 0 Å². The highest BCUT2D eigenvalue weighted by molar-refractivity contribution is 5.98. The van der Waals surface area contributed by atoms with Gasteiger partial charge in [-0.2, -0.15) is 0 Å². The topological polar surface area (TPSA) is 55.4 Å². The Bertz CT molecular complexity index is 780. The molecule has 0 saturated heterocycles. The maximum absolute atomic E-state index is 12.3. The summed E-state index contributed by atoms with van der Waals surface area (Å²) in [5, 5.41) is 2.79. The Morgan fingerprint density at radius 1 is 1.04 bits per heavy atom. The number of anilines is 1. The number of benzene rings is 2. The zero-order chi connectivity index (χ0) is 18.6. The van der Waals surface area contributed by atoms with Crippen molar-refractivity contribution in [3.8, 4) is 5.75 Å². The van der Waals surface area contributed by atoms with Crippen LogP contribution in [0.15, 0.2) is 42.5 Å². The lowest BCUT2D eigenvalue weighted by molar-refractivity contribution is -0.122. The van der Waals surface area contributed by atoms with E-state index in [-0.39, 0.29) is 11.7 Å². The van der Waals surface area contributed by atoms with E-state index in [2.05, 4.69) is 19.2 Å². The summed E-state index contributed by atoms with van der Waals surface area (Å²) in [6, 6.07) is 12.8. The fourth-order valence-electron chi connectivity index (χ4n) is 2.69. The Morgan fingerprint density at radius 2 is 1.76 bits per heavy atom. The van der Waals surface area contributed by atoms with Gasteiger partial charge in [0.05, 0.1) is 0 Å². The molecule has 0 aliphatic heterocycles. The first kappa shape index (κ1) is 18.7. The second kappa shape index (κ2) is 7.97. The van der Waals surface area contributed by atoms with E-state index in [1.165, 1.54) is 12.5 Å². The number of carbonyl (C=O) groups is 2. The van der Waals surface area contributed by atoms with Crippen LogP contribution < -0.4 is 10.1 Å². The zero-order valence-corrected chi connectivity index (χ0v) is 15.4. The molecule has 1 amide bonds. The second-order valence-corrected chi connectivity index (χ2v) is 6.56. The van der Waals surface area contributed by atoms with Crippen molar-refractivity contribution >= 4 is 17.4 Å². The van der Waals surface area contributed by atoms with E-state index in [4.69, 9.17) is 4.74 Å². The molecule has 0 bridgehead atoms. The molecule has 2 rings (SSSR count). The summed E-state index contributed by atoms with van der Waals surface area (Å²) in [7, 11) is 0. The minimum atomic E-state index is -0.648. The number of Topliss-reactive ketones (excluding diaryl/α,β-unsaturated/α-hetero) is 1. The fourth-order valence-corrected chi connectivity index (χ4v) is 2.69. The van der Waals surface area contributed by atoms with Crippen molar-refractivity contribution < 1.29 is 14.3 Å². The summed E-state index contributed by atoms with van der Waals surface area (Å²) in [4.78, 5) is 23.8. The fraction of sp³-hybridized carbons (Fsp3) is 0.333. The molecule has 0 fully saturated rings. The molecular formula is C21H25NO3. The molecule has 1 N–H and O–H groups in total. The van der Waals surface area contributed by atoms with Gasteiger partial charge in [0.1, 0.15) is 5.75 Å². The van der Waals surface area contributed by atoms with Crippen molar-refractivity contribution in [1.29, 1.82) is 0 Å². The highest BCUT2D eigenvalue weighted by Gasteiger charge is 2.16. The molecule has 1 atom stereocenters. The first-order chi connectivity index (χ1) is 11.8. The van der Waals surface area contributed by atoms with Gasteiger partial charge in [0.25, 0.3) is 5.91 Å². The molecule has 132 valence electrons. The number of carbonyl (C=O) groups excluding carboxylic acids is 2. The number of rotatable bonds is 6. The molecule has 2 aromatic carbocycles. The van der Waals surface area contributed by atoms with Gasteiger partial charge in [-0.25, -0.2) is 0 Å². The number of aryl methyl sites for hydroxylation is 1. The Morgan fingerprint density at radius 3 is 2.36 bits per heavy atom. The molecule has 2 aromatic rings. The molecule has 0 spiro atoms. The molecule has 4 heteroatoms. The predicted molar refractivity (Wildman–Crippen MR) is 100 cm³/mol. The van der Waals surface area contributed by atoms with E-state index in [0.717, 1.165) is 5.56 Å². The van der Waals surface area contributed by atoms with Gasteiger partial charge in [-0.1, -0.05) is 32.0 Å². The minimum absolute atomic E-state index is 0.0406. The van der Waals surface area contributed by atoms with Gasteiger partial charge in [0, 0.05) is 11.3 Å². The van der Waals surface area contributed by atoms with Crippen LogP contribution in [0.25, 0.3) is 0 Å². The van der Waals surface area contributed by atoms with Crippen molar-refractivity contribution in [3.05, 3.63) is 59.2 Å². The summed E-state index contributed by atoms with van der Waals surface area (Å²) in [5.74, 6) is 0.817. The average molecular weight is 339 g/mol. The molecule has 0 heterocycles. The lowest BCUT2D eigenvalue weighted by atomic mass is 9.98. The van der Waals surface area contributed by atoms with E-state index in [1.54, 1.807) is 31.2 Å². The third-order valence-corrected chi connectivity index (χ3v) is 4.08. The molecule has 0 radical (unpaired) electrons. The van der Waals surface area contributed by atoms with E-state index >= 15 is 0 Å². The first-order valence-corrected chi connectivity index (χ1v) is 8.47. The van der Waals surface area contributed by atoms with E-state index in [1.807, 2.05) is 25.1 Å². The number of amides is 1. The Balaban J connectivity index is 2.04. The van der Waals surface area contributed by atoms with Gasteiger partial charge in [0.2, 0.25) is 0 Å². The molecule has 0 aliphatic rings. The molecule has 4 nitrogen and oxygen atoms in total. The maximum atomic E-state index is 12.3. The molecular weight excluding hydrogens is 314 g/mol. The standard InChI is InChI=1S/C21H25NO3/c1-13(2)20-10-9-19(11-14(20)3)25-16(5)21(24)22-18-8-6-7-17(12-18)15(4)23/h6-13,16H,1-5H3,(H,22,24). The first-order valence-electron chi connectivity index (χ1n) is 8.47. The van der Waals surface area contributed by atoms with E-state index < -0.39 is 6.10 Å². The van der Waals surface area contributed by atoms with Crippen LogP contribution in [0.4, 0.5) is 5.69 Å². The molecule has 0 aromatic heterocycles. The number of ether oxygens (including phenoxy) is 1. The van der Waals surface area contributed by atoms with Crippen molar-refractivity contribution in [2.75, 3.05) is 5.32 Å². The van der Waals surface area contributed by atoms with Crippen LogP contribution in [0, 0.1) is 6.92 Å². The smallest absolute Gasteiger partial charge is 0.265 e. The SMILES string of the molecule is CC(=O)c1cccc(NC(=O)C(C)Oc2ccc(C(C)C)c(C)c2)c1. The van der Waals surface area contributed by atoms with Crippen molar-refractivity contribution in [2.24, 2.45) is 0 Å². The number of hydrogen-bond acceptors (Lipinski definition) is 3. The molecule has 1 unspecified atom stereocenters. The van der Waals surface area contributed by atoms with Crippen molar-refractivity contribution in [2.45, 2.75) is 46.6 Å². The third-order valence-electron chi connectivity index (χ3n) is 4.08. The Kier molecular flexibility index (Phi) is 5.97. The van der Waals surface area contributed by atoms with Crippen LogP contribution in [-0.4, -0.2) is 17.8 Å². The van der Waals surface area contributed by atoms with Crippen LogP contribution in [0.2, 0.25) is 0 Å². The number of nitrogens with one attached hydrogen (secondary N) is 1. The van der Waals surface area contributed by atoms with Gasteiger partial charge in [-0.3, -0.25) is 9.59 Å². The van der Waals surface area contributed by atoms with Gasteiger partial charge >= 0.3 is 0 Å². The van der Waals surface area contributed by atoms with Gasteiger partial charge in [-0.05, 0) is 62.1 Å². The highest BCUT2D eigenvalue weighted by Crippen LogP contribution is 2.24. The Labute approximate surface area is 149 Å². The summed E-state index contributed by atoms with van der Waals surface area (Å²) in [5.41, 5.74) is 3.56. The largest absolute Gasteiger partial charge is 0.481 e. The molecule has 0 aliphatic carbocycles. The monoisotopic (exact) mass is 339 g/mol. The third kappa shape index (κ3) is 4.92. The second-order valence-electron chi connectivity index (χ2n) is 6.56. The minimum Gasteiger partial charge on any atom is -0.481 e. The molecule has 0 saturated carbocycles. The van der Waals surface area contributed by atoms with E-state index in [9.17, 15) is 9.59 Å². The van der Waals surface area contributed by atoms with Crippen molar-refractivity contribution in [1.82, 2.24) is 0 Å². The van der Waals surface area contributed by atoms with Gasteiger partial charge in [0.15, 0.2) is 11.9 Å².